The number of carbonyl (C=O) groups is 1. The van der Waals surface area contributed by atoms with Crippen LogP contribution in [0, 0.1) is 6.92 Å². The highest BCUT2D eigenvalue weighted by Crippen LogP contribution is 2.27. The smallest absolute Gasteiger partial charge is 0.252 e. The highest BCUT2D eigenvalue weighted by Gasteiger charge is 2.26. The second kappa shape index (κ2) is 7.31. The van der Waals surface area contributed by atoms with E-state index in [0.717, 1.165) is 26.1 Å². The second-order valence-corrected chi connectivity index (χ2v) is 10.1. The number of likely N-dealkylation sites (N-methyl/N-ethyl adjacent to an activating group) is 2. The molecule has 0 saturated heterocycles. The summed E-state index contributed by atoms with van der Waals surface area (Å²) in [7, 11) is -0.630. The molecule has 9 heteroatoms. The van der Waals surface area contributed by atoms with E-state index in [1.807, 2.05) is 18.4 Å². The predicted molar refractivity (Wildman–Crippen MR) is 94.7 cm³/mol. The van der Waals surface area contributed by atoms with E-state index in [4.69, 9.17) is 11.6 Å². The molecule has 1 amide bonds. The van der Waals surface area contributed by atoms with Crippen molar-refractivity contribution < 1.29 is 13.2 Å². The molecule has 0 aliphatic carbocycles. The van der Waals surface area contributed by atoms with Crippen LogP contribution in [0.5, 0.6) is 0 Å². The average molecular weight is 393 g/mol. The van der Waals surface area contributed by atoms with Gasteiger partial charge >= 0.3 is 0 Å². The van der Waals surface area contributed by atoms with Gasteiger partial charge in [0, 0.05) is 19.0 Å². The van der Waals surface area contributed by atoms with Crippen LogP contribution in [0.15, 0.2) is 27.8 Å². The lowest BCUT2D eigenvalue weighted by molar-refractivity contribution is -0.130. The largest absolute Gasteiger partial charge is 0.339 e. The van der Waals surface area contributed by atoms with Crippen molar-refractivity contribution in [1.29, 1.82) is 0 Å². The Morgan fingerprint density at radius 1 is 1.26 bits per heavy atom. The molecule has 2 aromatic heterocycles. The normalized spacial score (nSPS) is 11.9. The van der Waals surface area contributed by atoms with Crippen molar-refractivity contribution in [1.82, 2.24) is 9.21 Å². The van der Waals surface area contributed by atoms with Gasteiger partial charge in [0.1, 0.15) is 4.21 Å². The van der Waals surface area contributed by atoms with Gasteiger partial charge in [-0.05, 0) is 36.1 Å². The van der Waals surface area contributed by atoms with E-state index in [1.54, 1.807) is 18.4 Å². The van der Waals surface area contributed by atoms with Gasteiger partial charge in [0.05, 0.1) is 17.4 Å². The third-order valence-corrected chi connectivity index (χ3v) is 7.86. The van der Waals surface area contributed by atoms with Gasteiger partial charge < -0.3 is 4.90 Å². The minimum absolute atomic E-state index is 0.134. The van der Waals surface area contributed by atoms with Crippen LogP contribution in [0.3, 0.4) is 0 Å². The number of sulfonamides is 1. The van der Waals surface area contributed by atoms with Gasteiger partial charge in [0.25, 0.3) is 10.0 Å². The maximum atomic E-state index is 12.4. The summed E-state index contributed by atoms with van der Waals surface area (Å²) >= 11 is 8.34. The molecule has 0 aliphatic rings. The van der Waals surface area contributed by atoms with Crippen LogP contribution in [-0.4, -0.2) is 44.2 Å². The summed E-state index contributed by atoms with van der Waals surface area (Å²) in [4.78, 5) is 14.9. The molecule has 2 heterocycles. The molecule has 0 radical (unpaired) electrons. The first-order chi connectivity index (χ1) is 10.7. The number of aryl methyl sites for hydroxylation is 1. The molecule has 0 atom stereocenters. The number of thiophene rings is 2. The standard InChI is InChI=1S/C14H17ClN2O3S3/c1-10-6-7-21-11(10)8-16(2)13(18)9-17(3)23(19,20)14-5-4-12(15)22-14/h4-7H,8-9H2,1-3H3. The molecule has 2 rings (SSSR count). The summed E-state index contributed by atoms with van der Waals surface area (Å²) in [5.41, 5.74) is 1.13. The van der Waals surface area contributed by atoms with Crippen molar-refractivity contribution in [2.45, 2.75) is 17.7 Å². The van der Waals surface area contributed by atoms with Crippen molar-refractivity contribution in [3.8, 4) is 0 Å². The van der Waals surface area contributed by atoms with Crippen LogP contribution in [0.1, 0.15) is 10.4 Å². The summed E-state index contributed by atoms with van der Waals surface area (Å²) < 4.78 is 26.3. The van der Waals surface area contributed by atoms with E-state index in [-0.39, 0.29) is 16.7 Å². The monoisotopic (exact) mass is 392 g/mol. The fourth-order valence-corrected chi connectivity index (χ4v) is 5.63. The maximum Gasteiger partial charge on any atom is 0.252 e. The molecule has 0 N–H and O–H groups in total. The van der Waals surface area contributed by atoms with Crippen LogP contribution in [0.25, 0.3) is 0 Å². The molecule has 0 aliphatic heterocycles. The highest BCUT2D eigenvalue weighted by atomic mass is 35.5. The number of halogens is 1. The fourth-order valence-electron chi connectivity index (χ4n) is 1.86. The van der Waals surface area contributed by atoms with Crippen LogP contribution < -0.4 is 0 Å². The van der Waals surface area contributed by atoms with Crippen LogP contribution in [-0.2, 0) is 21.4 Å². The van der Waals surface area contributed by atoms with Crippen molar-refractivity contribution in [3.05, 3.63) is 38.4 Å². The van der Waals surface area contributed by atoms with Gasteiger partial charge in [-0.3, -0.25) is 4.79 Å². The Morgan fingerprint density at radius 3 is 2.48 bits per heavy atom. The van der Waals surface area contributed by atoms with E-state index >= 15 is 0 Å². The second-order valence-electron chi connectivity index (χ2n) is 5.10. The number of hydrogen-bond donors (Lipinski definition) is 0. The van der Waals surface area contributed by atoms with Gasteiger partial charge in [-0.1, -0.05) is 11.6 Å². The molecule has 0 saturated carbocycles. The summed E-state index contributed by atoms with van der Waals surface area (Å²) in [6.45, 7) is 2.25. The molecule has 0 aromatic carbocycles. The molecule has 126 valence electrons. The SMILES string of the molecule is Cc1ccsc1CN(C)C(=O)CN(C)S(=O)(=O)c1ccc(Cl)s1. The first-order valence-electron chi connectivity index (χ1n) is 6.70. The zero-order valence-corrected chi connectivity index (χ0v) is 16.2. The Labute approximate surface area is 149 Å². The minimum Gasteiger partial charge on any atom is -0.339 e. The third-order valence-electron chi connectivity index (χ3n) is 3.35. The van der Waals surface area contributed by atoms with Crippen molar-refractivity contribution >= 4 is 50.2 Å². The predicted octanol–water partition coefficient (Wildman–Crippen LogP) is 3.05. The van der Waals surface area contributed by atoms with E-state index < -0.39 is 10.0 Å². The van der Waals surface area contributed by atoms with Gasteiger partial charge in [0.15, 0.2) is 0 Å². The Morgan fingerprint density at radius 2 is 1.96 bits per heavy atom. The lowest BCUT2D eigenvalue weighted by Gasteiger charge is -2.21. The quantitative estimate of drug-likeness (QED) is 0.759. The summed E-state index contributed by atoms with van der Waals surface area (Å²) in [6.07, 6.45) is 0. The van der Waals surface area contributed by atoms with Crippen molar-refractivity contribution in [2.24, 2.45) is 0 Å². The van der Waals surface area contributed by atoms with Gasteiger partial charge in [0.2, 0.25) is 5.91 Å². The zero-order chi connectivity index (χ0) is 17.2. The molecular formula is C14H17ClN2O3S3. The highest BCUT2D eigenvalue weighted by molar-refractivity contribution is 7.91. The average Bonchev–Trinajstić information content (AvgIpc) is 3.08. The van der Waals surface area contributed by atoms with E-state index in [9.17, 15) is 13.2 Å². The Balaban J connectivity index is 2.03. The first-order valence-corrected chi connectivity index (χ1v) is 10.2. The molecule has 0 unspecified atom stereocenters. The summed E-state index contributed by atoms with van der Waals surface area (Å²) in [5.74, 6) is -0.258. The van der Waals surface area contributed by atoms with Gasteiger partial charge in [-0.2, -0.15) is 4.31 Å². The minimum atomic E-state index is -3.69. The number of carbonyl (C=O) groups excluding carboxylic acids is 1. The van der Waals surface area contributed by atoms with Gasteiger partial charge in [-0.25, -0.2) is 8.42 Å². The van der Waals surface area contributed by atoms with Crippen molar-refractivity contribution in [3.63, 3.8) is 0 Å². The van der Waals surface area contributed by atoms with Crippen molar-refractivity contribution in [2.75, 3.05) is 20.6 Å². The number of hydrogen-bond acceptors (Lipinski definition) is 5. The molecule has 0 fully saturated rings. The van der Waals surface area contributed by atoms with E-state index in [0.29, 0.717) is 10.9 Å². The topological polar surface area (TPSA) is 57.7 Å². The summed E-state index contributed by atoms with van der Waals surface area (Å²) in [6, 6.07) is 4.97. The van der Waals surface area contributed by atoms with Crippen LogP contribution >= 0.6 is 34.3 Å². The Hall–Kier alpha value is -0.930. The van der Waals surface area contributed by atoms with Gasteiger partial charge in [-0.15, -0.1) is 22.7 Å². The lowest BCUT2D eigenvalue weighted by atomic mass is 10.3. The number of amides is 1. The zero-order valence-electron chi connectivity index (χ0n) is 12.9. The van der Waals surface area contributed by atoms with Crippen LogP contribution in [0.4, 0.5) is 0 Å². The molecule has 23 heavy (non-hydrogen) atoms. The Bertz CT molecular complexity index is 798. The van der Waals surface area contributed by atoms with E-state index in [2.05, 4.69) is 0 Å². The fraction of sp³-hybridized carbons (Fsp3) is 0.357. The third kappa shape index (κ3) is 4.33. The molecule has 2 aromatic rings. The molecule has 0 spiro atoms. The Kier molecular flexibility index (Phi) is 5.85. The number of rotatable bonds is 6. The first kappa shape index (κ1) is 18.4. The maximum absolute atomic E-state index is 12.4. The van der Waals surface area contributed by atoms with E-state index in [1.165, 1.54) is 24.1 Å². The summed E-state index contributed by atoms with van der Waals surface area (Å²) in [5, 5.41) is 1.97. The lowest BCUT2D eigenvalue weighted by Crippen LogP contribution is -2.38. The molecule has 0 bridgehead atoms. The molecule has 5 nitrogen and oxygen atoms in total. The van der Waals surface area contributed by atoms with Crippen LogP contribution in [0.2, 0.25) is 4.34 Å². The molecular weight excluding hydrogens is 376 g/mol. The number of nitrogens with zero attached hydrogens (tertiary/aromatic N) is 2.